The lowest BCUT2D eigenvalue weighted by molar-refractivity contribution is 0.0475. The van der Waals surface area contributed by atoms with Gasteiger partial charge in [-0.15, -0.1) is 5.10 Å². The minimum Gasteiger partial charge on any atom is -0.454 e. The lowest BCUT2D eigenvalue weighted by Gasteiger charge is -2.34. The van der Waals surface area contributed by atoms with Crippen LogP contribution in [-0.4, -0.2) is 56.1 Å². The van der Waals surface area contributed by atoms with E-state index in [2.05, 4.69) is 53.1 Å². The summed E-state index contributed by atoms with van der Waals surface area (Å²) in [7, 11) is 0. The molecule has 4 heterocycles. The maximum absolute atomic E-state index is 13.1. The zero-order valence-electron chi connectivity index (χ0n) is 20.9. The number of nitrogens with zero attached hydrogens (tertiary/aromatic N) is 5. The topological polar surface area (TPSA) is 107 Å². The van der Waals surface area contributed by atoms with Crippen molar-refractivity contribution in [2.75, 3.05) is 19.9 Å². The number of fused-ring (bicyclic) bond motifs is 2. The van der Waals surface area contributed by atoms with Gasteiger partial charge in [0.25, 0.3) is 5.56 Å². The Kier molecular flexibility index (Phi) is 6.50. The summed E-state index contributed by atoms with van der Waals surface area (Å²) in [5.74, 6) is 2.16. The molecule has 10 nitrogen and oxygen atoms in total. The van der Waals surface area contributed by atoms with Crippen molar-refractivity contribution in [2.45, 2.75) is 77.6 Å². The Balaban J connectivity index is 1.51. The number of pyridine rings is 1. The van der Waals surface area contributed by atoms with E-state index in [9.17, 15) is 4.79 Å². The SMILES string of the molecule is CC[C@@H](c1nnnn1C(C)(C)CC)N(Cc1cc2cc3c(cc2[nH]c1=O)OCO3)C[C@H]1CCCO1. The Morgan fingerprint density at radius 3 is 2.74 bits per heavy atom. The molecule has 35 heavy (non-hydrogen) atoms. The first-order valence-corrected chi connectivity index (χ1v) is 12.5. The first-order valence-electron chi connectivity index (χ1n) is 12.5. The molecule has 1 aromatic carbocycles. The van der Waals surface area contributed by atoms with Gasteiger partial charge >= 0.3 is 0 Å². The fourth-order valence-electron chi connectivity index (χ4n) is 4.92. The van der Waals surface area contributed by atoms with Gasteiger partial charge in [0.2, 0.25) is 6.79 Å². The summed E-state index contributed by atoms with van der Waals surface area (Å²) in [6.45, 7) is 10.7. The van der Waals surface area contributed by atoms with Crippen molar-refractivity contribution in [3.63, 3.8) is 0 Å². The summed E-state index contributed by atoms with van der Waals surface area (Å²) >= 11 is 0. The number of ether oxygens (including phenoxy) is 3. The number of nitrogens with one attached hydrogen (secondary N) is 1. The molecule has 2 aliphatic rings. The molecule has 5 rings (SSSR count). The van der Waals surface area contributed by atoms with Crippen LogP contribution in [-0.2, 0) is 16.8 Å². The molecule has 0 bridgehead atoms. The van der Waals surface area contributed by atoms with E-state index < -0.39 is 0 Å². The van der Waals surface area contributed by atoms with Gasteiger partial charge in [-0.25, -0.2) is 4.68 Å². The second-order valence-electron chi connectivity index (χ2n) is 10.0. The number of aromatic amines is 1. The first-order chi connectivity index (χ1) is 16.9. The molecule has 2 aromatic heterocycles. The van der Waals surface area contributed by atoms with E-state index >= 15 is 0 Å². The maximum Gasteiger partial charge on any atom is 0.252 e. The maximum atomic E-state index is 13.1. The van der Waals surface area contributed by atoms with Crippen molar-refractivity contribution in [3.8, 4) is 11.5 Å². The predicted molar refractivity (Wildman–Crippen MR) is 131 cm³/mol. The van der Waals surface area contributed by atoms with Gasteiger partial charge in [0.1, 0.15) is 0 Å². The summed E-state index contributed by atoms with van der Waals surface area (Å²) in [4.78, 5) is 18.5. The molecule has 0 spiro atoms. The Morgan fingerprint density at radius 1 is 1.23 bits per heavy atom. The number of H-pyrrole nitrogens is 1. The van der Waals surface area contributed by atoms with Gasteiger partial charge in [-0.2, -0.15) is 0 Å². The van der Waals surface area contributed by atoms with Crippen LogP contribution in [0.5, 0.6) is 11.5 Å². The molecular weight excluding hydrogens is 448 g/mol. The molecule has 0 saturated carbocycles. The van der Waals surface area contributed by atoms with E-state index in [4.69, 9.17) is 14.2 Å². The molecule has 2 aliphatic heterocycles. The monoisotopic (exact) mass is 482 g/mol. The normalized spacial score (nSPS) is 18.6. The number of hydrogen-bond acceptors (Lipinski definition) is 8. The molecule has 0 amide bonds. The van der Waals surface area contributed by atoms with Gasteiger partial charge in [-0.1, -0.05) is 13.8 Å². The van der Waals surface area contributed by atoms with E-state index in [1.165, 1.54) is 0 Å². The summed E-state index contributed by atoms with van der Waals surface area (Å²) in [5, 5.41) is 13.7. The Hall–Kier alpha value is -2.98. The van der Waals surface area contributed by atoms with Crippen LogP contribution in [0.2, 0.25) is 0 Å². The lowest BCUT2D eigenvalue weighted by Crippen LogP contribution is -2.39. The van der Waals surface area contributed by atoms with Gasteiger partial charge < -0.3 is 19.2 Å². The highest BCUT2D eigenvalue weighted by molar-refractivity contribution is 5.83. The second-order valence-corrected chi connectivity index (χ2v) is 10.0. The molecule has 0 aliphatic carbocycles. The van der Waals surface area contributed by atoms with Crippen LogP contribution in [0, 0.1) is 0 Å². The molecule has 1 fully saturated rings. The number of benzene rings is 1. The molecule has 1 saturated heterocycles. The fourth-order valence-corrected chi connectivity index (χ4v) is 4.92. The Bertz CT molecular complexity index is 1250. The van der Waals surface area contributed by atoms with E-state index in [-0.39, 0.29) is 30.0 Å². The number of tetrazole rings is 1. The van der Waals surface area contributed by atoms with Crippen molar-refractivity contribution < 1.29 is 14.2 Å². The van der Waals surface area contributed by atoms with E-state index in [1.807, 2.05) is 22.9 Å². The van der Waals surface area contributed by atoms with Gasteiger partial charge in [0.05, 0.1) is 23.2 Å². The summed E-state index contributed by atoms with van der Waals surface area (Å²) in [5.41, 5.74) is 1.08. The zero-order chi connectivity index (χ0) is 24.6. The predicted octanol–water partition coefficient (Wildman–Crippen LogP) is 3.52. The average molecular weight is 483 g/mol. The average Bonchev–Trinajstić information content (AvgIpc) is 3.61. The highest BCUT2D eigenvalue weighted by atomic mass is 16.7. The van der Waals surface area contributed by atoms with Gasteiger partial charge in [0.15, 0.2) is 17.3 Å². The highest BCUT2D eigenvalue weighted by Gasteiger charge is 2.33. The highest BCUT2D eigenvalue weighted by Crippen LogP contribution is 2.36. The van der Waals surface area contributed by atoms with Crippen LogP contribution in [0.1, 0.15) is 70.8 Å². The third-order valence-corrected chi connectivity index (χ3v) is 7.31. The first kappa shape index (κ1) is 23.7. The smallest absolute Gasteiger partial charge is 0.252 e. The zero-order valence-corrected chi connectivity index (χ0v) is 20.9. The fraction of sp³-hybridized carbons (Fsp3) is 0.600. The second kappa shape index (κ2) is 9.58. The number of hydrogen-bond donors (Lipinski definition) is 1. The van der Waals surface area contributed by atoms with Crippen LogP contribution in [0.4, 0.5) is 0 Å². The van der Waals surface area contributed by atoms with Gasteiger partial charge in [0, 0.05) is 36.7 Å². The Labute approximate surface area is 204 Å². The third kappa shape index (κ3) is 4.64. The van der Waals surface area contributed by atoms with Crippen LogP contribution in [0.3, 0.4) is 0 Å². The summed E-state index contributed by atoms with van der Waals surface area (Å²) in [6.07, 6.45) is 3.89. The molecule has 1 N–H and O–H groups in total. The molecule has 188 valence electrons. The van der Waals surface area contributed by atoms with Gasteiger partial charge in [-0.05, 0) is 62.1 Å². The standard InChI is InChI=1S/C25H34N6O4/c1-5-20(23-27-28-29-31(23)25(3,4)6-2)30(14-18-8-7-9-33-18)13-17-10-16-11-21-22(35-15-34-21)12-19(16)26-24(17)32/h10-12,18,20H,5-9,13-15H2,1-4H3,(H,26,32)/t18-,20+/m1/s1. The summed E-state index contributed by atoms with van der Waals surface area (Å²) < 4.78 is 18.9. The molecule has 10 heteroatoms. The van der Waals surface area contributed by atoms with Crippen LogP contribution < -0.4 is 15.0 Å². The van der Waals surface area contributed by atoms with E-state index in [0.29, 0.717) is 30.2 Å². The quantitative estimate of drug-likeness (QED) is 0.494. The van der Waals surface area contributed by atoms with Crippen molar-refractivity contribution in [2.24, 2.45) is 0 Å². The largest absolute Gasteiger partial charge is 0.454 e. The van der Waals surface area contributed by atoms with Crippen molar-refractivity contribution in [3.05, 3.63) is 39.9 Å². The summed E-state index contributed by atoms with van der Waals surface area (Å²) in [6, 6.07) is 5.63. The van der Waals surface area contributed by atoms with E-state index in [1.54, 1.807) is 0 Å². The van der Waals surface area contributed by atoms with Crippen LogP contribution >= 0.6 is 0 Å². The van der Waals surface area contributed by atoms with Crippen molar-refractivity contribution in [1.82, 2.24) is 30.1 Å². The number of aromatic nitrogens is 5. The van der Waals surface area contributed by atoms with Crippen molar-refractivity contribution in [1.29, 1.82) is 0 Å². The molecule has 0 radical (unpaired) electrons. The minimum absolute atomic E-state index is 0.0631. The minimum atomic E-state index is -0.218. The van der Waals surface area contributed by atoms with Crippen molar-refractivity contribution >= 4 is 10.9 Å². The van der Waals surface area contributed by atoms with Crippen LogP contribution in [0.15, 0.2) is 23.0 Å². The third-order valence-electron chi connectivity index (χ3n) is 7.31. The lowest BCUT2D eigenvalue weighted by atomic mass is 10.0. The number of rotatable bonds is 9. The van der Waals surface area contributed by atoms with Gasteiger partial charge in [-0.3, -0.25) is 9.69 Å². The molecule has 2 atom stereocenters. The van der Waals surface area contributed by atoms with E-state index in [0.717, 1.165) is 49.0 Å². The Morgan fingerprint density at radius 2 is 2.03 bits per heavy atom. The molecular formula is C25H34N6O4. The molecule has 3 aromatic rings. The van der Waals surface area contributed by atoms with Crippen LogP contribution in [0.25, 0.3) is 10.9 Å². The molecule has 0 unspecified atom stereocenters.